The number of hydrogen-bond donors (Lipinski definition) is 2. The molecule has 166 valence electrons. The van der Waals surface area contributed by atoms with E-state index in [0.29, 0.717) is 23.2 Å². The predicted molar refractivity (Wildman–Crippen MR) is 125 cm³/mol. The second-order valence-electron chi connectivity index (χ2n) is 9.83. The zero-order valence-electron chi connectivity index (χ0n) is 18.9. The summed E-state index contributed by atoms with van der Waals surface area (Å²) < 4.78 is 0. The molecule has 2 aliphatic rings. The van der Waals surface area contributed by atoms with Crippen LogP contribution >= 0.6 is 11.8 Å². The van der Waals surface area contributed by atoms with Crippen LogP contribution in [0.25, 0.3) is 0 Å². The molecule has 30 heavy (non-hydrogen) atoms. The number of carbonyl (C=O) groups is 2. The molecule has 0 saturated heterocycles. The Labute approximate surface area is 186 Å². The number of benzene rings is 1. The third-order valence-corrected chi connectivity index (χ3v) is 7.94. The van der Waals surface area contributed by atoms with Crippen LogP contribution in [0.3, 0.4) is 0 Å². The number of carbonyl (C=O) groups excluding carboxylic acids is 2. The first-order chi connectivity index (χ1) is 14.3. The van der Waals surface area contributed by atoms with Gasteiger partial charge in [0, 0.05) is 17.0 Å². The number of fused-ring (bicyclic) bond motifs is 2. The normalized spacial score (nSPS) is 24.6. The summed E-state index contributed by atoms with van der Waals surface area (Å²) in [5.41, 5.74) is 0.660. The summed E-state index contributed by atoms with van der Waals surface area (Å²) in [5.74, 6) is 3.33. The maximum absolute atomic E-state index is 12.8. The maximum Gasteiger partial charge on any atom is 0.252 e. The van der Waals surface area contributed by atoms with Crippen molar-refractivity contribution in [1.29, 1.82) is 0 Å². The zero-order chi connectivity index (χ0) is 21.7. The summed E-state index contributed by atoms with van der Waals surface area (Å²) in [6.45, 7) is 8.61. The second-order valence-corrected chi connectivity index (χ2v) is 10.8. The number of thioether (sulfide) groups is 1. The molecule has 2 N–H and O–H groups in total. The van der Waals surface area contributed by atoms with Crippen molar-refractivity contribution in [2.45, 2.75) is 83.2 Å². The van der Waals surface area contributed by atoms with Gasteiger partial charge in [0.05, 0.1) is 11.3 Å². The van der Waals surface area contributed by atoms with Crippen LogP contribution in [0.4, 0.5) is 0 Å². The van der Waals surface area contributed by atoms with Crippen molar-refractivity contribution in [1.82, 2.24) is 10.6 Å². The third-order valence-electron chi connectivity index (χ3n) is 6.87. The predicted octanol–water partition coefficient (Wildman–Crippen LogP) is 5.27. The summed E-state index contributed by atoms with van der Waals surface area (Å²) in [7, 11) is 0. The molecule has 0 aromatic heterocycles. The summed E-state index contributed by atoms with van der Waals surface area (Å²) in [5, 5.41) is 6.34. The van der Waals surface area contributed by atoms with Crippen LogP contribution in [-0.2, 0) is 4.79 Å². The van der Waals surface area contributed by atoms with E-state index in [1.165, 1.54) is 37.4 Å². The van der Waals surface area contributed by atoms with Gasteiger partial charge in [-0.15, -0.1) is 11.8 Å². The first-order valence-corrected chi connectivity index (χ1v) is 12.6. The lowest BCUT2D eigenvalue weighted by atomic mass is 9.84. The lowest BCUT2D eigenvalue weighted by Crippen LogP contribution is -2.41. The minimum atomic E-state index is -0.0508. The highest BCUT2D eigenvalue weighted by molar-refractivity contribution is 8.00. The molecule has 0 heterocycles. The van der Waals surface area contributed by atoms with Gasteiger partial charge >= 0.3 is 0 Å². The van der Waals surface area contributed by atoms with E-state index in [1.807, 2.05) is 24.3 Å². The van der Waals surface area contributed by atoms with Crippen molar-refractivity contribution in [2.24, 2.45) is 23.7 Å². The SMILES string of the molecule is CC(C)CC[C@H](C)NC(=O)c1ccccc1SCC(=O)N[C@H](C)[C@@H]1C[C@H]2CC[C@H]1C2. The van der Waals surface area contributed by atoms with Gasteiger partial charge in [-0.05, 0) is 81.8 Å². The van der Waals surface area contributed by atoms with Crippen LogP contribution in [-0.4, -0.2) is 29.7 Å². The molecule has 2 bridgehead atoms. The molecule has 2 aliphatic carbocycles. The van der Waals surface area contributed by atoms with Gasteiger partial charge < -0.3 is 10.6 Å². The Morgan fingerprint density at radius 2 is 1.80 bits per heavy atom. The first kappa shape index (κ1) is 23.2. The summed E-state index contributed by atoms with van der Waals surface area (Å²) >= 11 is 1.46. The van der Waals surface area contributed by atoms with Crippen LogP contribution < -0.4 is 10.6 Å². The molecule has 0 spiro atoms. The fourth-order valence-electron chi connectivity index (χ4n) is 5.19. The van der Waals surface area contributed by atoms with E-state index in [4.69, 9.17) is 0 Å². The molecule has 3 rings (SSSR count). The van der Waals surface area contributed by atoms with Gasteiger partial charge in [0.1, 0.15) is 0 Å². The largest absolute Gasteiger partial charge is 0.353 e. The van der Waals surface area contributed by atoms with E-state index in [2.05, 4.69) is 38.3 Å². The van der Waals surface area contributed by atoms with E-state index < -0.39 is 0 Å². The van der Waals surface area contributed by atoms with Crippen LogP contribution in [0.15, 0.2) is 29.2 Å². The Kier molecular flexibility index (Phi) is 8.27. The van der Waals surface area contributed by atoms with Gasteiger partial charge in [-0.3, -0.25) is 9.59 Å². The molecular formula is C25H38N2O2S. The van der Waals surface area contributed by atoms with Gasteiger partial charge in [-0.25, -0.2) is 0 Å². The highest BCUT2D eigenvalue weighted by Crippen LogP contribution is 2.49. The lowest BCUT2D eigenvalue weighted by Gasteiger charge is -2.28. The smallest absolute Gasteiger partial charge is 0.252 e. The van der Waals surface area contributed by atoms with Crippen molar-refractivity contribution in [3.8, 4) is 0 Å². The van der Waals surface area contributed by atoms with Crippen molar-refractivity contribution < 1.29 is 9.59 Å². The van der Waals surface area contributed by atoms with Gasteiger partial charge in [0.15, 0.2) is 0 Å². The van der Waals surface area contributed by atoms with Crippen molar-refractivity contribution in [3.63, 3.8) is 0 Å². The molecule has 2 saturated carbocycles. The standard InChI is InChI=1S/C25H38N2O2S/c1-16(2)9-10-17(3)26-25(29)21-7-5-6-8-23(21)30-15-24(28)27-18(4)22-14-19-11-12-20(22)13-19/h5-8,16-20,22H,9-15H2,1-4H3,(H,26,29)(H,27,28)/t17-,18+,19-,20-,22-/m0/s1. The number of amides is 2. The zero-order valence-corrected chi connectivity index (χ0v) is 19.8. The molecule has 2 fully saturated rings. The molecule has 4 nitrogen and oxygen atoms in total. The van der Waals surface area contributed by atoms with Crippen molar-refractivity contribution in [3.05, 3.63) is 29.8 Å². The quantitative estimate of drug-likeness (QED) is 0.497. The highest BCUT2D eigenvalue weighted by atomic mass is 32.2. The molecule has 5 atom stereocenters. The minimum absolute atomic E-state index is 0.0508. The van der Waals surface area contributed by atoms with E-state index >= 15 is 0 Å². The highest BCUT2D eigenvalue weighted by Gasteiger charge is 2.42. The Bertz CT molecular complexity index is 736. The van der Waals surface area contributed by atoms with Gasteiger partial charge in [0.2, 0.25) is 5.91 Å². The number of nitrogens with one attached hydrogen (secondary N) is 2. The van der Waals surface area contributed by atoms with Crippen LogP contribution in [0.2, 0.25) is 0 Å². The summed E-state index contributed by atoms with van der Waals surface area (Å²) in [6.07, 6.45) is 7.42. The Morgan fingerprint density at radius 3 is 2.47 bits per heavy atom. The van der Waals surface area contributed by atoms with Crippen LogP contribution in [0, 0.1) is 23.7 Å². The second kappa shape index (κ2) is 10.7. The Morgan fingerprint density at radius 1 is 1.03 bits per heavy atom. The van der Waals surface area contributed by atoms with Crippen molar-refractivity contribution >= 4 is 23.6 Å². The average Bonchev–Trinajstić information content (AvgIpc) is 3.34. The summed E-state index contributed by atoms with van der Waals surface area (Å²) in [4.78, 5) is 26.2. The minimum Gasteiger partial charge on any atom is -0.353 e. The van der Waals surface area contributed by atoms with E-state index in [-0.39, 0.29) is 23.9 Å². The Balaban J connectivity index is 1.49. The Hall–Kier alpha value is -1.49. The third kappa shape index (κ3) is 6.26. The van der Waals surface area contributed by atoms with Gasteiger partial charge in [-0.2, -0.15) is 0 Å². The molecule has 1 aromatic carbocycles. The van der Waals surface area contributed by atoms with E-state index in [1.54, 1.807) is 0 Å². The van der Waals surface area contributed by atoms with Crippen molar-refractivity contribution in [2.75, 3.05) is 5.75 Å². The summed E-state index contributed by atoms with van der Waals surface area (Å²) in [6, 6.07) is 7.98. The molecule has 2 amide bonds. The van der Waals surface area contributed by atoms with Crippen LogP contribution in [0.1, 0.15) is 76.6 Å². The van der Waals surface area contributed by atoms with E-state index in [0.717, 1.165) is 29.6 Å². The number of hydrogen-bond acceptors (Lipinski definition) is 3. The monoisotopic (exact) mass is 430 g/mol. The first-order valence-electron chi connectivity index (χ1n) is 11.7. The molecule has 0 radical (unpaired) electrons. The fourth-order valence-corrected chi connectivity index (χ4v) is 6.05. The lowest BCUT2D eigenvalue weighted by molar-refractivity contribution is -0.119. The van der Waals surface area contributed by atoms with Gasteiger partial charge in [0.25, 0.3) is 5.91 Å². The van der Waals surface area contributed by atoms with E-state index in [9.17, 15) is 9.59 Å². The topological polar surface area (TPSA) is 58.2 Å². The molecule has 0 unspecified atom stereocenters. The van der Waals surface area contributed by atoms with Crippen LogP contribution in [0.5, 0.6) is 0 Å². The molecule has 0 aliphatic heterocycles. The molecular weight excluding hydrogens is 392 g/mol. The number of rotatable bonds is 10. The fraction of sp³-hybridized carbons (Fsp3) is 0.680. The molecule has 1 aromatic rings. The maximum atomic E-state index is 12.8. The molecule has 5 heteroatoms. The average molecular weight is 431 g/mol. The van der Waals surface area contributed by atoms with Gasteiger partial charge in [-0.1, -0.05) is 32.4 Å².